The molecule has 19 heavy (non-hydrogen) atoms. The average Bonchev–Trinajstić information content (AvgIpc) is 2.84. The van der Waals surface area contributed by atoms with Gasteiger partial charge in [0.1, 0.15) is 17.0 Å². The second kappa shape index (κ2) is 4.13. The van der Waals surface area contributed by atoms with E-state index in [4.69, 9.17) is 9.52 Å². The number of pyridine rings is 1. The fourth-order valence-corrected chi connectivity index (χ4v) is 1.87. The molecular weight excluding hydrogens is 246 g/mol. The van der Waals surface area contributed by atoms with E-state index in [1.165, 1.54) is 18.3 Å². The number of phenolic OH excluding ortho intramolecular Hbond substituents is 1. The predicted octanol–water partition coefficient (Wildman–Crippen LogP) is 2.90. The summed E-state index contributed by atoms with van der Waals surface area (Å²) in [4.78, 5) is 15.0. The van der Waals surface area contributed by atoms with Crippen LogP contribution in [0.15, 0.2) is 47.0 Å². The maximum atomic E-state index is 10.9. The van der Waals surface area contributed by atoms with Crippen LogP contribution in [0.4, 0.5) is 0 Å². The number of carboxylic acid groups (broad SMARTS) is 1. The van der Waals surface area contributed by atoms with Crippen LogP contribution >= 0.6 is 0 Å². The molecule has 5 heteroatoms. The van der Waals surface area contributed by atoms with Gasteiger partial charge in [-0.2, -0.15) is 0 Å². The highest BCUT2D eigenvalue weighted by Gasteiger charge is 2.12. The van der Waals surface area contributed by atoms with Crippen LogP contribution in [0.5, 0.6) is 5.75 Å². The summed E-state index contributed by atoms with van der Waals surface area (Å²) in [5.74, 6) is -0.496. The molecule has 0 saturated heterocycles. The Hall–Kier alpha value is -2.82. The molecule has 0 amide bonds. The number of rotatable bonds is 2. The number of benzene rings is 1. The zero-order chi connectivity index (χ0) is 13.4. The third kappa shape index (κ3) is 1.91. The van der Waals surface area contributed by atoms with Crippen molar-refractivity contribution < 1.29 is 19.4 Å². The topological polar surface area (TPSA) is 83.6 Å². The van der Waals surface area contributed by atoms with Crippen molar-refractivity contribution >= 4 is 16.9 Å². The lowest BCUT2D eigenvalue weighted by molar-refractivity contribution is 0.0697. The highest BCUT2D eigenvalue weighted by atomic mass is 16.4. The molecule has 3 aromatic rings. The molecule has 0 aliphatic carbocycles. The van der Waals surface area contributed by atoms with Crippen LogP contribution in [0.1, 0.15) is 10.4 Å². The maximum absolute atomic E-state index is 10.9. The molecule has 0 unspecified atom stereocenters. The highest BCUT2D eigenvalue weighted by molar-refractivity contribution is 5.90. The number of aromatic hydroxyl groups is 1. The number of furan rings is 1. The second-order valence-corrected chi connectivity index (χ2v) is 4.03. The lowest BCUT2D eigenvalue weighted by atomic mass is 10.2. The van der Waals surface area contributed by atoms with Gasteiger partial charge in [-0.05, 0) is 30.3 Å². The Bertz CT molecular complexity index is 776. The summed E-state index contributed by atoms with van der Waals surface area (Å²) >= 11 is 0. The molecule has 0 atom stereocenters. The summed E-state index contributed by atoms with van der Waals surface area (Å²) < 4.78 is 5.55. The smallest absolute Gasteiger partial charge is 0.335 e. The molecule has 94 valence electrons. The van der Waals surface area contributed by atoms with E-state index in [1.54, 1.807) is 24.3 Å². The van der Waals surface area contributed by atoms with Gasteiger partial charge in [-0.3, -0.25) is 4.98 Å². The number of hydrogen-bond donors (Lipinski definition) is 2. The molecule has 0 saturated carbocycles. The summed E-state index contributed by atoms with van der Waals surface area (Å²) in [6, 6.07) is 9.43. The summed E-state index contributed by atoms with van der Waals surface area (Å²) in [5, 5.41) is 19.2. The number of hydrogen-bond acceptors (Lipinski definition) is 4. The molecule has 0 aliphatic heterocycles. The number of carbonyl (C=O) groups is 1. The van der Waals surface area contributed by atoms with Gasteiger partial charge in [0.05, 0.1) is 10.9 Å². The van der Waals surface area contributed by atoms with E-state index in [0.29, 0.717) is 22.4 Å². The minimum atomic E-state index is -1.03. The Morgan fingerprint density at radius 2 is 2.05 bits per heavy atom. The van der Waals surface area contributed by atoms with E-state index in [2.05, 4.69) is 4.98 Å². The van der Waals surface area contributed by atoms with Crippen molar-refractivity contribution in [3.8, 4) is 17.2 Å². The molecule has 0 bridgehead atoms. The quantitative estimate of drug-likeness (QED) is 0.735. The fourth-order valence-electron chi connectivity index (χ4n) is 1.87. The SMILES string of the molecule is O=C(O)c1ccnc(-c2cc3c(O)cccc3o2)c1. The number of aromatic carboxylic acids is 1. The number of aromatic nitrogens is 1. The lowest BCUT2D eigenvalue weighted by Crippen LogP contribution is -1.96. The first-order valence-corrected chi connectivity index (χ1v) is 5.56. The highest BCUT2D eigenvalue weighted by Crippen LogP contribution is 2.32. The van der Waals surface area contributed by atoms with Crippen LogP contribution in [-0.4, -0.2) is 21.2 Å². The summed E-state index contributed by atoms with van der Waals surface area (Å²) in [7, 11) is 0. The van der Waals surface area contributed by atoms with Crippen LogP contribution < -0.4 is 0 Å². The lowest BCUT2D eigenvalue weighted by Gasteiger charge is -1.97. The van der Waals surface area contributed by atoms with Crippen LogP contribution in [0.2, 0.25) is 0 Å². The van der Waals surface area contributed by atoms with Gasteiger partial charge in [-0.15, -0.1) is 0 Å². The number of phenols is 1. The first kappa shape index (κ1) is 11.3. The minimum Gasteiger partial charge on any atom is -0.507 e. The van der Waals surface area contributed by atoms with Gasteiger partial charge >= 0.3 is 5.97 Å². The Balaban J connectivity index is 2.16. The van der Waals surface area contributed by atoms with Gasteiger partial charge < -0.3 is 14.6 Å². The third-order valence-electron chi connectivity index (χ3n) is 2.80. The fraction of sp³-hybridized carbons (Fsp3) is 0. The van der Waals surface area contributed by atoms with Crippen LogP contribution in [0, 0.1) is 0 Å². The van der Waals surface area contributed by atoms with E-state index in [-0.39, 0.29) is 11.3 Å². The van der Waals surface area contributed by atoms with E-state index in [1.807, 2.05) is 0 Å². The standard InChI is InChI=1S/C14H9NO4/c16-11-2-1-3-12-9(11)7-13(19-12)10-6-8(14(17)18)4-5-15-10/h1-7,16H,(H,17,18). The molecule has 1 aromatic carbocycles. The zero-order valence-electron chi connectivity index (χ0n) is 9.70. The zero-order valence-corrected chi connectivity index (χ0v) is 9.70. The van der Waals surface area contributed by atoms with Gasteiger partial charge in [0, 0.05) is 6.20 Å². The molecule has 2 aromatic heterocycles. The largest absolute Gasteiger partial charge is 0.507 e. The van der Waals surface area contributed by atoms with Crippen LogP contribution in [-0.2, 0) is 0 Å². The van der Waals surface area contributed by atoms with Gasteiger partial charge in [-0.25, -0.2) is 4.79 Å². The first-order chi connectivity index (χ1) is 9.15. The molecule has 2 N–H and O–H groups in total. The molecule has 0 aliphatic rings. The molecule has 5 nitrogen and oxygen atoms in total. The van der Waals surface area contributed by atoms with Crippen molar-refractivity contribution in [2.24, 2.45) is 0 Å². The Labute approximate surface area is 107 Å². The average molecular weight is 255 g/mol. The Kier molecular flexibility index (Phi) is 2.45. The summed E-state index contributed by atoms with van der Waals surface area (Å²) in [6.45, 7) is 0. The number of carboxylic acids is 1. The minimum absolute atomic E-state index is 0.113. The first-order valence-electron chi connectivity index (χ1n) is 5.56. The molecule has 3 rings (SSSR count). The van der Waals surface area contributed by atoms with Crippen molar-refractivity contribution in [1.29, 1.82) is 0 Å². The van der Waals surface area contributed by atoms with E-state index < -0.39 is 5.97 Å². The third-order valence-corrected chi connectivity index (χ3v) is 2.80. The van der Waals surface area contributed by atoms with Crippen molar-refractivity contribution in [1.82, 2.24) is 4.98 Å². The van der Waals surface area contributed by atoms with Gasteiger partial charge in [0.25, 0.3) is 0 Å². The second-order valence-electron chi connectivity index (χ2n) is 4.03. The van der Waals surface area contributed by atoms with Gasteiger partial charge in [-0.1, -0.05) is 6.07 Å². The normalized spacial score (nSPS) is 10.7. The van der Waals surface area contributed by atoms with Crippen molar-refractivity contribution in [3.05, 3.63) is 48.2 Å². The summed E-state index contributed by atoms with van der Waals surface area (Å²) in [6.07, 6.45) is 1.41. The van der Waals surface area contributed by atoms with Crippen molar-refractivity contribution in [2.75, 3.05) is 0 Å². The van der Waals surface area contributed by atoms with Crippen LogP contribution in [0.25, 0.3) is 22.4 Å². The molecule has 0 fully saturated rings. The summed E-state index contributed by atoms with van der Waals surface area (Å²) in [5.41, 5.74) is 1.07. The van der Waals surface area contributed by atoms with E-state index in [0.717, 1.165) is 0 Å². The molecule has 0 spiro atoms. The Morgan fingerprint density at radius 3 is 2.79 bits per heavy atom. The molecular formula is C14H9NO4. The number of fused-ring (bicyclic) bond motifs is 1. The monoisotopic (exact) mass is 255 g/mol. The predicted molar refractivity (Wildman–Crippen MR) is 68.1 cm³/mol. The van der Waals surface area contributed by atoms with Crippen molar-refractivity contribution in [3.63, 3.8) is 0 Å². The number of nitrogens with zero attached hydrogens (tertiary/aromatic N) is 1. The van der Waals surface area contributed by atoms with Gasteiger partial charge in [0.2, 0.25) is 0 Å². The maximum Gasteiger partial charge on any atom is 0.335 e. The van der Waals surface area contributed by atoms with E-state index in [9.17, 15) is 9.90 Å². The molecule has 0 radical (unpaired) electrons. The molecule has 2 heterocycles. The van der Waals surface area contributed by atoms with Gasteiger partial charge in [0.15, 0.2) is 5.76 Å². The van der Waals surface area contributed by atoms with E-state index >= 15 is 0 Å². The van der Waals surface area contributed by atoms with Crippen molar-refractivity contribution in [2.45, 2.75) is 0 Å². The Morgan fingerprint density at radius 1 is 1.21 bits per heavy atom. The van der Waals surface area contributed by atoms with Crippen LogP contribution in [0.3, 0.4) is 0 Å².